The monoisotopic (exact) mass is 271 g/mol. The summed E-state index contributed by atoms with van der Waals surface area (Å²) in [6.07, 6.45) is 2.24. The molecule has 7 heteroatoms. The molecule has 0 radical (unpaired) electrons. The molecule has 1 fully saturated rings. The fourth-order valence-corrected chi connectivity index (χ4v) is 2.52. The van der Waals surface area contributed by atoms with Crippen molar-refractivity contribution < 1.29 is 19.5 Å². The van der Waals surface area contributed by atoms with E-state index in [2.05, 4.69) is 10.6 Å². The van der Waals surface area contributed by atoms with Crippen molar-refractivity contribution in [3.8, 4) is 0 Å². The van der Waals surface area contributed by atoms with Crippen molar-refractivity contribution in [3.63, 3.8) is 0 Å². The smallest absolute Gasteiger partial charge is 0.329 e. The van der Waals surface area contributed by atoms with Crippen LogP contribution in [-0.4, -0.2) is 53.6 Å². The van der Waals surface area contributed by atoms with Crippen molar-refractivity contribution in [2.75, 3.05) is 20.1 Å². The van der Waals surface area contributed by atoms with Gasteiger partial charge in [0.1, 0.15) is 5.54 Å². The zero-order valence-corrected chi connectivity index (χ0v) is 11.4. The lowest BCUT2D eigenvalue weighted by molar-refractivity contribution is -0.148. The molecule has 108 valence electrons. The first-order valence-corrected chi connectivity index (χ1v) is 6.47. The second-order valence-electron chi connectivity index (χ2n) is 4.67. The molecule has 1 aliphatic heterocycles. The van der Waals surface area contributed by atoms with E-state index in [1.807, 2.05) is 6.92 Å². The highest BCUT2D eigenvalue weighted by molar-refractivity contribution is 5.89. The molecule has 1 saturated heterocycles. The molecule has 0 aromatic heterocycles. The Hall–Kier alpha value is -1.79. The number of urea groups is 1. The maximum Gasteiger partial charge on any atom is 0.329 e. The van der Waals surface area contributed by atoms with Crippen LogP contribution in [0.15, 0.2) is 0 Å². The molecule has 1 unspecified atom stereocenters. The summed E-state index contributed by atoms with van der Waals surface area (Å²) in [5.41, 5.74) is -1.12. The number of amides is 3. The van der Waals surface area contributed by atoms with Gasteiger partial charge in [0.2, 0.25) is 5.91 Å². The van der Waals surface area contributed by atoms with Gasteiger partial charge in [-0.25, -0.2) is 9.59 Å². The number of nitrogens with zero attached hydrogens (tertiary/aromatic N) is 1. The first-order chi connectivity index (χ1) is 8.97. The SMILES string of the molecule is CCCC1(C(=O)O)CCCN1C(=O)NCC(=O)NC. The number of rotatable bonds is 5. The second kappa shape index (κ2) is 6.40. The van der Waals surface area contributed by atoms with Crippen LogP contribution in [0, 0.1) is 0 Å². The van der Waals surface area contributed by atoms with Gasteiger partial charge in [-0.1, -0.05) is 13.3 Å². The molecule has 3 N–H and O–H groups in total. The number of carbonyl (C=O) groups is 3. The number of likely N-dealkylation sites (N-methyl/N-ethyl adjacent to an activating group) is 1. The maximum absolute atomic E-state index is 12.0. The Morgan fingerprint density at radius 2 is 2.05 bits per heavy atom. The number of nitrogens with one attached hydrogen (secondary N) is 2. The molecule has 1 rings (SSSR count). The van der Waals surface area contributed by atoms with E-state index in [1.165, 1.54) is 11.9 Å². The Morgan fingerprint density at radius 3 is 2.58 bits per heavy atom. The van der Waals surface area contributed by atoms with E-state index < -0.39 is 17.5 Å². The van der Waals surface area contributed by atoms with Gasteiger partial charge in [-0.3, -0.25) is 4.79 Å². The van der Waals surface area contributed by atoms with E-state index in [4.69, 9.17) is 0 Å². The molecule has 0 aromatic carbocycles. The molecule has 3 amide bonds. The van der Waals surface area contributed by atoms with Gasteiger partial charge in [-0.15, -0.1) is 0 Å². The van der Waals surface area contributed by atoms with Gasteiger partial charge in [0.25, 0.3) is 0 Å². The van der Waals surface area contributed by atoms with Gasteiger partial charge in [-0.05, 0) is 19.3 Å². The van der Waals surface area contributed by atoms with Gasteiger partial charge in [0.05, 0.1) is 6.54 Å². The fraction of sp³-hybridized carbons (Fsp3) is 0.750. The highest BCUT2D eigenvalue weighted by Crippen LogP contribution is 2.33. The average molecular weight is 271 g/mol. The second-order valence-corrected chi connectivity index (χ2v) is 4.67. The summed E-state index contributed by atoms with van der Waals surface area (Å²) in [4.78, 5) is 36.0. The normalized spacial score (nSPS) is 22.1. The van der Waals surface area contributed by atoms with E-state index >= 15 is 0 Å². The first kappa shape index (κ1) is 15.3. The number of hydrogen-bond acceptors (Lipinski definition) is 3. The number of carboxylic acids is 1. The third kappa shape index (κ3) is 3.15. The van der Waals surface area contributed by atoms with E-state index in [1.54, 1.807) is 0 Å². The Kier molecular flexibility index (Phi) is 5.14. The first-order valence-electron chi connectivity index (χ1n) is 6.47. The van der Waals surface area contributed by atoms with Crippen molar-refractivity contribution in [1.29, 1.82) is 0 Å². The molecule has 1 atom stereocenters. The minimum Gasteiger partial charge on any atom is -0.479 e. The zero-order valence-electron chi connectivity index (χ0n) is 11.4. The molecular formula is C12H21N3O4. The summed E-state index contributed by atoms with van der Waals surface area (Å²) < 4.78 is 0. The minimum absolute atomic E-state index is 0.145. The average Bonchev–Trinajstić information content (AvgIpc) is 2.81. The molecule has 1 heterocycles. The van der Waals surface area contributed by atoms with Crippen molar-refractivity contribution in [1.82, 2.24) is 15.5 Å². The van der Waals surface area contributed by atoms with Gasteiger partial charge >= 0.3 is 12.0 Å². The number of carboxylic acid groups (broad SMARTS) is 1. The summed E-state index contributed by atoms with van der Waals surface area (Å²) >= 11 is 0. The van der Waals surface area contributed by atoms with Crippen LogP contribution in [0.1, 0.15) is 32.6 Å². The van der Waals surface area contributed by atoms with Crippen LogP contribution in [-0.2, 0) is 9.59 Å². The number of likely N-dealkylation sites (tertiary alicyclic amines) is 1. The summed E-state index contributed by atoms with van der Waals surface area (Å²) in [6.45, 7) is 2.16. The van der Waals surface area contributed by atoms with Gasteiger partial charge < -0.3 is 20.6 Å². The van der Waals surface area contributed by atoms with Crippen molar-refractivity contribution in [2.45, 2.75) is 38.1 Å². The van der Waals surface area contributed by atoms with Gasteiger partial charge in [-0.2, -0.15) is 0 Å². The molecule has 1 aliphatic rings. The molecule has 7 nitrogen and oxygen atoms in total. The number of carbonyl (C=O) groups excluding carboxylic acids is 2. The van der Waals surface area contributed by atoms with E-state index in [9.17, 15) is 19.5 Å². The van der Waals surface area contributed by atoms with Crippen LogP contribution in [0.4, 0.5) is 4.79 Å². The maximum atomic E-state index is 12.0. The summed E-state index contributed by atoms with van der Waals surface area (Å²) in [6, 6.07) is -0.489. The Bertz CT molecular complexity index is 372. The van der Waals surface area contributed by atoms with E-state index in [-0.39, 0.29) is 12.5 Å². The van der Waals surface area contributed by atoms with E-state index in [0.29, 0.717) is 32.2 Å². The topological polar surface area (TPSA) is 98.7 Å². The minimum atomic E-state index is -1.12. The highest BCUT2D eigenvalue weighted by atomic mass is 16.4. The van der Waals surface area contributed by atoms with Gasteiger partial charge in [0.15, 0.2) is 0 Å². The van der Waals surface area contributed by atoms with Crippen molar-refractivity contribution in [3.05, 3.63) is 0 Å². The molecule has 0 aromatic rings. The quantitative estimate of drug-likeness (QED) is 0.663. The highest BCUT2D eigenvalue weighted by Gasteiger charge is 2.49. The van der Waals surface area contributed by atoms with Crippen LogP contribution in [0.25, 0.3) is 0 Å². The predicted molar refractivity (Wildman–Crippen MR) is 68.7 cm³/mol. The molecule has 0 saturated carbocycles. The lowest BCUT2D eigenvalue weighted by atomic mass is 9.91. The van der Waals surface area contributed by atoms with Crippen molar-refractivity contribution >= 4 is 17.9 Å². The predicted octanol–water partition coefficient (Wildman–Crippen LogP) is 0.161. The molecule has 0 aliphatic carbocycles. The summed E-state index contributed by atoms with van der Waals surface area (Å²) in [5.74, 6) is -1.29. The zero-order chi connectivity index (χ0) is 14.5. The number of hydrogen-bond donors (Lipinski definition) is 3. The van der Waals surface area contributed by atoms with Crippen LogP contribution < -0.4 is 10.6 Å². The van der Waals surface area contributed by atoms with Gasteiger partial charge in [0, 0.05) is 13.6 Å². The molecule has 19 heavy (non-hydrogen) atoms. The fourth-order valence-electron chi connectivity index (χ4n) is 2.52. The molecular weight excluding hydrogens is 250 g/mol. The van der Waals surface area contributed by atoms with Crippen LogP contribution in [0.2, 0.25) is 0 Å². The Labute approximate surface area is 112 Å². The Morgan fingerprint density at radius 1 is 1.37 bits per heavy atom. The molecule has 0 bridgehead atoms. The lowest BCUT2D eigenvalue weighted by Crippen LogP contribution is -2.56. The number of aliphatic carboxylic acids is 1. The largest absolute Gasteiger partial charge is 0.479 e. The third-order valence-electron chi connectivity index (χ3n) is 3.47. The summed E-state index contributed by atoms with van der Waals surface area (Å²) in [7, 11) is 1.48. The van der Waals surface area contributed by atoms with Crippen LogP contribution >= 0.6 is 0 Å². The lowest BCUT2D eigenvalue weighted by Gasteiger charge is -2.34. The van der Waals surface area contributed by atoms with E-state index in [0.717, 1.165) is 0 Å². The van der Waals surface area contributed by atoms with Crippen LogP contribution in [0.3, 0.4) is 0 Å². The van der Waals surface area contributed by atoms with Crippen LogP contribution in [0.5, 0.6) is 0 Å². The standard InChI is InChI=1S/C12H21N3O4/c1-3-5-12(10(17)18)6-4-7-15(12)11(19)14-8-9(16)13-2/h3-8H2,1-2H3,(H,13,16)(H,14,19)(H,17,18). The van der Waals surface area contributed by atoms with Crippen molar-refractivity contribution in [2.24, 2.45) is 0 Å². The molecule has 0 spiro atoms. The third-order valence-corrected chi connectivity index (χ3v) is 3.47. The Balaban J connectivity index is 2.76. The summed E-state index contributed by atoms with van der Waals surface area (Å²) in [5, 5.41) is 14.3.